The standard InChI is InChI=1S/C15H14ClFN2O2/c1-21-13-5-3-2-4-12(13)19-14(15(18)20)10-7-6-9(17)8-11(10)16/h2-8,14,19H,1H3,(H2,18,20). The van der Waals surface area contributed by atoms with Crippen LogP contribution in [0.1, 0.15) is 11.6 Å². The third-order valence-corrected chi connectivity index (χ3v) is 3.29. The van der Waals surface area contributed by atoms with E-state index >= 15 is 0 Å². The summed E-state index contributed by atoms with van der Waals surface area (Å²) in [6.45, 7) is 0. The summed E-state index contributed by atoms with van der Waals surface area (Å²) in [7, 11) is 1.52. The number of nitrogens with one attached hydrogen (secondary N) is 1. The molecular formula is C15H14ClFN2O2. The highest BCUT2D eigenvalue weighted by Crippen LogP contribution is 2.31. The first-order valence-electron chi connectivity index (χ1n) is 6.16. The number of primary amides is 1. The van der Waals surface area contributed by atoms with Gasteiger partial charge in [0.15, 0.2) is 0 Å². The van der Waals surface area contributed by atoms with Crippen molar-refractivity contribution in [3.05, 3.63) is 58.9 Å². The summed E-state index contributed by atoms with van der Waals surface area (Å²) in [5.74, 6) is -0.555. The molecule has 1 amide bonds. The molecule has 0 aliphatic carbocycles. The molecule has 0 fully saturated rings. The molecule has 2 rings (SSSR count). The van der Waals surface area contributed by atoms with Gasteiger partial charge in [0, 0.05) is 10.6 Å². The minimum atomic E-state index is -0.894. The van der Waals surface area contributed by atoms with Gasteiger partial charge in [0.05, 0.1) is 12.8 Å². The van der Waals surface area contributed by atoms with E-state index in [4.69, 9.17) is 22.1 Å². The predicted octanol–water partition coefficient (Wildman–Crippen LogP) is 3.13. The molecule has 0 bridgehead atoms. The Morgan fingerprint density at radius 3 is 2.67 bits per heavy atom. The third kappa shape index (κ3) is 3.44. The Morgan fingerprint density at radius 2 is 2.05 bits per heavy atom. The molecule has 2 aromatic carbocycles. The molecule has 21 heavy (non-hydrogen) atoms. The van der Waals surface area contributed by atoms with Gasteiger partial charge in [-0.1, -0.05) is 29.8 Å². The number of para-hydroxylation sites is 2. The normalized spacial score (nSPS) is 11.8. The minimum absolute atomic E-state index is 0.126. The fraction of sp³-hybridized carbons (Fsp3) is 0.133. The van der Waals surface area contributed by atoms with Crippen molar-refractivity contribution in [1.29, 1.82) is 0 Å². The van der Waals surface area contributed by atoms with Gasteiger partial charge in [0.2, 0.25) is 5.91 Å². The summed E-state index contributed by atoms with van der Waals surface area (Å²) in [4.78, 5) is 11.7. The van der Waals surface area contributed by atoms with Gasteiger partial charge >= 0.3 is 0 Å². The van der Waals surface area contributed by atoms with Crippen LogP contribution in [0.15, 0.2) is 42.5 Å². The van der Waals surface area contributed by atoms with Crippen molar-refractivity contribution in [2.75, 3.05) is 12.4 Å². The van der Waals surface area contributed by atoms with Gasteiger partial charge in [0.1, 0.15) is 17.6 Å². The van der Waals surface area contributed by atoms with Crippen LogP contribution in [0.2, 0.25) is 5.02 Å². The van der Waals surface area contributed by atoms with E-state index in [0.717, 1.165) is 6.07 Å². The molecule has 0 radical (unpaired) electrons. The lowest BCUT2D eigenvalue weighted by Gasteiger charge is -2.20. The number of halogens is 2. The molecule has 0 aliphatic rings. The Morgan fingerprint density at radius 1 is 1.33 bits per heavy atom. The van der Waals surface area contributed by atoms with Crippen molar-refractivity contribution >= 4 is 23.2 Å². The SMILES string of the molecule is COc1ccccc1NC(C(N)=O)c1ccc(F)cc1Cl. The molecule has 110 valence electrons. The van der Waals surface area contributed by atoms with E-state index in [9.17, 15) is 9.18 Å². The highest BCUT2D eigenvalue weighted by Gasteiger charge is 2.22. The largest absolute Gasteiger partial charge is 0.495 e. The van der Waals surface area contributed by atoms with Gasteiger partial charge in [0.25, 0.3) is 0 Å². The molecule has 0 spiro atoms. The van der Waals surface area contributed by atoms with Crippen LogP contribution < -0.4 is 15.8 Å². The fourth-order valence-electron chi connectivity index (χ4n) is 1.96. The number of carbonyl (C=O) groups excluding carboxylic acids is 1. The van der Waals surface area contributed by atoms with Crippen molar-refractivity contribution in [2.45, 2.75) is 6.04 Å². The molecule has 0 heterocycles. The number of hydrogen-bond donors (Lipinski definition) is 2. The molecule has 3 N–H and O–H groups in total. The van der Waals surface area contributed by atoms with Gasteiger partial charge in [-0.25, -0.2) is 4.39 Å². The van der Waals surface area contributed by atoms with Crippen molar-refractivity contribution < 1.29 is 13.9 Å². The molecular weight excluding hydrogens is 295 g/mol. The van der Waals surface area contributed by atoms with E-state index in [0.29, 0.717) is 17.0 Å². The van der Waals surface area contributed by atoms with E-state index in [1.807, 2.05) is 0 Å². The number of benzene rings is 2. The van der Waals surface area contributed by atoms with Gasteiger partial charge in [-0.3, -0.25) is 4.79 Å². The first-order chi connectivity index (χ1) is 10.0. The summed E-state index contributed by atoms with van der Waals surface area (Å²) in [5, 5.41) is 3.09. The average Bonchev–Trinajstić information content (AvgIpc) is 2.45. The van der Waals surface area contributed by atoms with Crippen LogP contribution in [-0.4, -0.2) is 13.0 Å². The fourth-order valence-corrected chi connectivity index (χ4v) is 2.23. The Bertz CT molecular complexity index is 664. The van der Waals surface area contributed by atoms with Crippen molar-refractivity contribution in [3.63, 3.8) is 0 Å². The number of hydrogen-bond acceptors (Lipinski definition) is 3. The molecule has 4 nitrogen and oxygen atoms in total. The van der Waals surface area contributed by atoms with Crippen molar-refractivity contribution in [2.24, 2.45) is 5.73 Å². The molecule has 0 aliphatic heterocycles. The topological polar surface area (TPSA) is 64.3 Å². The van der Waals surface area contributed by atoms with Crippen LogP contribution in [0.4, 0.5) is 10.1 Å². The van der Waals surface area contributed by atoms with Crippen molar-refractivity contribution in [1.82, 2.24) is 0 Å². The van der Waals surface area contributed by atoms with Crippen molar-refractivity contribution in [3.8, 4) is 5.75 Å². The Hall–Kier alpha value is -2.27. The first kappa shape index (κ1) is 15.1. The molecule has 1 atom stereocenters. The zero-order valence-electron chi connectivity index (χ0n) is 11.3. The lowest BCUT2D eigenvalue weighted by molar-refractivity contribution is -0.118. The number of nitrogens with two attached hydrogens (primary N) is 1. The van der Waals surface area contributed by atoms with E-state index in [-0.39, 0.29) is 5.02 Å². The lowest BCUT2D eigenvalue weighted by atomic mass is 10.1. The van der Waals surface area contributed by atoms with E-state index in [2.05, 4.69) is 5.32 Å². The van der Waals surface area contributed by atoms with E-state index in [1.54, 1.807) is 24.3 Å². The summed E-state index contributed by atoms with van der Waals surface area (Å²) < 4.78 is 18.3. The summed E-state index contributed by atoms with van der Waals surface area (Å²) >= 11 is 5.99. The van der Waals surface area contributed by atoms with Gasteiger partial charge in [-0.15, -0.1) is 0 Å². The maximum absolute atomic E-state index is 13.1. The maximum Gasteiger partial charge on any atom is 0.244 e. The van der Waals surface area contributed by atoms with Crippen LogP contribution in [0.5, 0.6) is 5.75 Å². The molecule has 1 unspecified atom stereocenters. The maximum atomic E-state index is 13.1. The number of ether oxygens (including phenoxy) is 1. The number of amides is 1. The molecule has 6 heteroatoms. The quantitative estimate of drug-likeness (QED) is 0.892. The van der Waals surface area contributed by atoms with Crippen LogP contribution in [0, 0.1) is 5.82 Å². The third-order valence-electron chi connectivity index (χ3n) is 2.96. The van der Waals surface area contributed by atoms with Crippen LogP contribution in [0.3, 0.4) is 0 Å². The smallest absolute Gasteiger partial charge is 0.244 e. The zero-order valence-corrected chi connectivity index (χ0v) is 12.0. The highest BCUT2D eigenvalue weighted by atomic mass is 35.5. The first-order valence-corrected chi connectivity index (χ1v) is 6.54. The second kappa shape index (κ2) is 6.45. The minimum Gasteiger partial charge on any atom is -0.495 e. The number of rotatable bonds is 5. The van der Waals surface area contributed by atoms with Crippen LogP contribution >= 0.6 is 11.6 Å². The zero-order chi connectivity index (χ0) is 15.4. The average molecular weight is 309 g/mol. The van der Waals surface area contributed by atoms with Gasteiger partial charge in [-0.2, -0.15) is 0 Å². The second-order valence-corrected chi connectivity index (χ2v) is 4.75. The van der Waals surface area contributed by atoms with Crippen LogP contribution in [-0.2, 0) is 4.79 Å². The van der Waals surface area contributed by atoms with Gasteiger partial charge < -0.3 is 15.8 Å². The summed E-state index contributed by atoms with van der Waals surface area (Å²) in [6.07, 6.45) is 0. The van der Waals surface area contributed by atoms with E-state index < -0.39 is 17.8 Å². The second-order valence-electron chi connectivity index (χ2n) is 4.35. The molecule has 0 saturated heterocycles. The number of methoxy groups -OCH3 is 1. The number of anilines is 1. The Labute approximate surface area is 126 Å². The predicted molar refractivity (Wildman–Crippen MR) is 80.0 cm³/mol. The van der Waals surface area contributed by atoms with Gasteiger partial charge in [-0.05, 0) is 24.3 Å². The summed E-state index contributed by atoms with van der Waals surface area (Å²) in [5.41, 5.74) is 6.41. The van der Waals surface area contributed by atoms with E-state index in [1.165, 1.54) is 19.2 Å². The number of carbonyl (C=O) groups is 1. The molecule has 0 saturated carbocycles. The highest BCUT2D eigenvalue weighted by molar-refractivity contribution is 6.31. The lowest BCUT2D eigenvalue weighted by Crippen LogP contribution is -2.28. The molecule has 0 aromatic heterocycles. The van der Waals surface area contributed by atoms with Crippen LogP contribution in [0.25, 0.3) is 0 Å². The Balaban J connectivity index is 2.38. The molecule has 2 aromatic rings. The monoisotopic (exact) mass is 308 g/mol. The Kier molecular flexibility index (Phi) is 4.65. The summed E-state index contributed by atoms with van der Waals surface area (Å²) in [6, 6.07) is 9.96.